The fourth-order valence-electron chi connectivity index (χ4n) is 4.35. The van der Waals surface area contributed by atoms with Gasteiger partial charge in [-0.1, -0.05) is 32.9 Å². The molecule has 1 fully saturated rings. The molecule has 0 aliphatic carbocycles. The number of aliphatic hydroxyl groups excluding tert-OH is 1. The molecule has 7 atom stereocenters. The summed E-state index contributed by atoms with van der Waals surface area (Å²) in [5.41, 5.74) is -0.795. The SMILES string of the molecule is COC(=O)CNC(=O)[C@H](CSC/C=C/CO[C@@H]1OC(CO)[C@H](C)[C@H](C)C1C)NC(=O)CC[C@H](NC(=O)OC(C)(C)C)C(=O)OC. The maximum absolute atomic E-state index is 12.8. The van der Waals surface area contributed by atoms with Crippen LogP contribution in [0.25, 0.3) is 0 Å². The number of rotatable bonds is 17. The molecule has 0 spiro atoms. The molecule has 45 heavy (non-hydrogen) atoms. The van der Waals surface area contributed by atoms with Crippen LogP contribution in [0.3, 0.4) is 0 Å². The Morgan fingerprint density at radius 2 is 1.64 bits per heavy atom. The van der Waals surface area contributed by atoms with Gasteiger partial charge >= 0.3 is 18.0 Å². The topological polar surface area (TPSA) is 188 Å². The molecule has 0 radical (unpaired) electrons. The Hall–Kier alpha value is -2.88. The van der Waals surface area contributed by atoms with Crippen molar-refractivity contribution < 1.29 is 52.8 Å². The minimum Gasteiger partial charge on any atom is -0.468 e. The fourth-order valence-corrected chi connectivity index (χ4v) is 5.23. The minimum absolute atomic E-state index is 0.0652. The van der Waals surface area contributed by atoms with Gasteiger partial charge in [-0.2, -0.15) is 11.8 Å². The van der Waals surface area contributed by atoms with Gasteiger partial charge in [0.15, 0.2) is 6.29 Å². The number of aliphatic hydroxyl groups is 1. The van der Waals surface area contributed by atoms with Crippen molar-refractivity contribution in [1.29, 1.82) is 0 Å². The van der Waals surface area contributed by atoms with Crippen molar-refractivity contribution in [2.75, 3.05) is 45.5 Å². The lowest BCUT2D eigenvalue weighted by molar-refractivity contribution is -0.250. The standard InChI is InChI=1S/C30H51N3O11S/c1-18-19(2)23(16-34)43-28(20(18)3)42-13-9-10-14-45-17-22(26(37)31-15-25(36)40-7)32-24(35)12-11-21(27(38)41-8)33-29(39)44-30(4,5)6/h9-10,18-23,28,34H,11-17H2,1-8H3,(H,31,37)(H,32,35)(H,33,39)/b10-9+/t18-,19+,20?,21-,22-,23?,28+/m0/s1. The van der Waals surface area contributed by atoms with Gasteiger partial charge in [-0.25, -0.2) is 9.59 Å². The van der Waals surface area contributed by atoms with E-state index in [2.05, 4.69) is 41.5 Å². The number of amides is 3. The van der Waals surface area contributed by atoms with Crippen LogP contribution in [0.4, 0.5) is 4.79 Å². The molecule has 1 aliphatic heterocycles. The Kier molecular flexibility index (Phi) is 18.1. The van der Waals surface area contributed by atoms with Gasteiger partial charge in [0.2, 0.25) is 11.8 Å². The molecular weight excluding hydrogens is 610 g/mol. The van der Waals surface area contributed by atoms with E-state index in [0.29, 0.717) is 18.3 Å². The maximum atomic E-state index is 12.8. The monoisotopic (exact) mass is 661 g/mol. The van der Waals surface area contributed by atoms with Gasteiger partial charge in [0.05, 0.1) is 33.5 Å². The maximum Gasteiger partial charge on any atom is 0.408 e. The summed E-state index contributed by atoms with van der Waals surface area (Å²) in [6.45, 7) is 11.1. The van der Waals surface area contributed by atoms with Crippen molar-refractivity contribution in [3.8, 4) is 0 Å². The van der Waals surface area contributed by atoms with E-state index in [-0.39, 0.29) is 49.7 Å². The highest BCUT2D eigenvalue weighted by molar-refractivity contribution is 7.99. The zero-order chi connectivity index (χ0) is 34.2. The van der Waals surface area contributed by atoms with Crippen molar-refractivity contribution in [1.82, 2.24) is 16.0 Å². The lowest BCUT2D eigenvalue weighted by Gasteiger charge is -2.42. The molecule has 4 N–H and O–H groups in total. The van der Waals surface area contributed by atoms with Gasteiger partial charge in [0.25, 0.3) is 0 Å². The Morgan fingerprint density at radius 3 is 2.24 bits per heavy atom. The summed E-state index contributed by atoms with van der Waals surface area (Å²) in [7, 11) is 2.35. The van der Waals surface area contributed by atoms with Gasteiger partial charge in [-0.3, -0.25) is 14.4 Å². The normalized spacial score (nSPS) is 23.0. The van der Waals surface area contributed by atoms with Gasteiger partial charge in [-0.05, 0) is 39.0 Å². The minimum atomic E-state index is -1.15. The van der Waals surface area contributed by atoms with Gasteiger partial charge in [-0.15, -0.1) is 0 Å². The predicted molar refractivity (Wildman–Crippen MR) is 167 cm³/mol. The summed E-state index contributed by atoms with van der Waals surface area (Å²) in [4.78, 5) is 61.4. The molecule has 14 nitrogen and oxygen atoms in total. The quantitative estimate of drug-likeness (QED) is 0.0763. The third-order valence-electron chi connectivity index (χ3n) is 7.31. The van der Waals surface area contributed by atoms with E-state index in [1.807, 2.05) is 12.2 Å². The molecule has 2 unspecified atom stereocenters. The van der Waals surface area contributed by atoms with Gasteiger partial charge < -0.3 is 44.7 Å². The van der Waals surface area contributed by atoms with Crippen LogP contribution in [0.2, 0.25) is 0 Å². The number of esters is 2. The summed E-state index contributed by atoms with van der Waals surface area (Å²) in [6, 6.07) is -2.14. The Morgan fingerprint density at radius 1 is 0.956 bits per heavy atom. The van der Waals surface area contributed by atoms with Crippen LogP contribution in [0, 0.1) is 17.8 Å². The van der Waals surface area contributed by atoms with Crippen LogP contribution < -0.4 is 16.0 Å². The van der Waals surface area contributed by atoms with Crippen LogP contribution in [-0.4, -0.2) is 111 Å². The van der Waals surface area contributed by atoms with Crippen molar-refractivity contribution in [2.45, 2.75) is 84.5 Å². The zero-order valence-corrected chi connectivity index (χ0v) is 28.4. The Balaban J connectivity index is 2.68. The molecule has 15 heteroatoms. The van der Waals surface area contributed by atoms with Crippen LogP contribution >= 0.6 is 11.8 Å². The van der Waals surface area contributed by atoms with Crippen molar-refractivity contribution in [2.24, 2.45) is 17.8 Å². The van der Waals surface area contributed by atoms with Gasteiger partial charge in [0.1, 0.15) is 24.2 Å². The van der Waals surface area contributed by atoms with E-state index in [1.165, 1.54) is 18.9 Å². The van der Waals surface area contributed by atoms with Crippen molar-refractivity contribution >= 4 is 41.6 Å². The molecule has 1 rings (SSSR count). The van der Waals surface area contributed by atoms with Crippen LogP contribution in [-0.2, 0) is 42.9 Å². The van der Waals surface area contributed by atoms with E-state index >= 15 is 0 Å². The Bertz CT molecular complexity index is 1000. The average molecular weight is 662 g/mol. The summed E-state index contributed by atoms with van der Waals surface area (Å²) < 4.78 is 26.3. The molecule has 0 saturated carbocycles. The third kappa shape index (κ3) is 15.3. The number of alkyl carbamates (subject to hydrolysis) is 1. The molecule has 0 aromatic rings. The summed E-state index contributed by atoms with van der Waals surface area (Å²) >= 11 is 1.36. The first kappa shape index (κ1) is 40.1. The van der Waals surface area contributed by atoms with Crippen LogP contribution in [0.5, 0.6) is 0 Å². The first-order valence-electron chi connectivity index (χ1n) is 14.9. The van der Waals surface area contributed by atoms with E-state index in [0.717, 1.165) is 7.11 Å². The largest absolute Gasteiger partial charge is 0.468 e. The Labute approximate surface area is 270 Å². The number of methoxy groups -OCH3 is 2. The highest BCUT2D eigenvalue weighted by Gasteiger charge is 2.39. The fraction of sp³-hybridized carbons (Fsp3) is 0.767. The molecule has 3 amide bonds. The highest BCUT2D eigenvalue weighted by atomic mass is 32.2. The zero-order valence-electron chi connectivity index (χ0n) is 27.6. The second-order valence-corrected chi connectivity index (χ2v) is 12.9. The summed E-state index contributed by atoms with van der Waals surface area (Å²) in [5.74, 6) is -1.16. The van der Waals surface area contributed by atoms with E-state index in [1.54, 1.807) is 20.8 Å². The van der Waals surface area contributed by atoms with Crippen molar-refractivity contribution in [3.05, 3.63) is 12.2 Å². The molecule has 1 heterocycles. The second kappa shape index (κ2) is 20.3. The second-order valence-electron chi connectivity index (χ2n) is 11.8. The van der Waals surface area contributed by atoms with Gasteiger partial charge in [0, 0.05) is 23.8 Å². The van der Waals surface area contributed by atoms with Crippen LogP contribution in [0.1, 0.15) is 54.4 Å². The molecule has 0 bridgehead atoms. The van der Waals surface area contributed by atoms with Crippen molar-refractivity contribution in [3.63, 3.8) is 0 Å². The number of hydrogen-bond acceptors (Lipinski definition) is 12. The van der Waals surface area contributed by atoms with E-state index < -0.39 is 53.8 Å². The molecule has 1 aliphatic rings. The molecule has 0 aromatic heterocycles. The summed E-state index contributed by atoms with van der Waals surface area (Å²) in [6.07, 6.45) is 1.83. The van der Waals surface area contributed by atoms with E-state index in [9.17, 15) is 29.1 Å². The van der Waals surface area contributed by atoms with E-state index in [4.69, 9.17) is 18.9 Å². The first-order valence-corrected chi connectivity index (χ1v) is 16.1. The number of hydrogen-bond donors (Lipinski definition) is 4. The first-order chi connectivity index (χ1) is 21.1. The molecular formula is C30H51N3O11S. The lowest BCUT2D eigenvalue weighted by atomic mass is 9.79. The number of ether oxygens (including phenoxy) is 5. The lowest BCUT2D eigenvalue weighted by Crippen LogP contribution is -2.50. The smallest absolute Gasteiger partial charge is 0.408 e. The highest BCUT2D eigenvalue weighted by Crippen LogP contribution is 2.35. The van der Waals surface area contributed by atoms with Crippen LogP contribution in [0.15, 0.2) is 12.2 Å². The average Bonchev–Trinajstić information content (AvgIpc) is 2.98. The number of thioether (sulfide) groups is 1. The predicted octanol–water partition coefficient (Wildman–Crippen LogP) is 1.54. The number of carbonyl (C=O) groups excluding carboxylic acids is 5. The molecule has 0 aromatic carbocycles. The molecule has 258 valence electrons. The number of carbonyl (C=O) groups is 5. The number of nitrogens with one attached hydrogen (secondary N) is 3. The summed E-state index contributed by atoms with van der Waals surface area (Å²) in [5, 5.41) is 17.1. The third-order valence-corrected chi connectivity index (χ3v) is 8.31. The molecule has 1 saturated heterocycles.